The van der Waals surface area contributed by atoms with Crippen LogP contribution in [0.15, 0.2) is 65.1 Å². The van der Waals surface area contributed by atoms with Crippen LogP contribution in [0.1, 0.15) is 16.1 Å². The van der Waals surface area contributed by atoms with Crippen molar-refractivity contribution in [2.75, 3.05) is 5.32 Å². The Balaban J connectivity index is 1.36. The van der Waals surface area contributed by atoms with Crippen LogP contribution in [0.4, 0.5) is 13.9 Å². The highest BCUT2D eigenvalue weighted by atomic mass is 32.2. The van der Waals surface area contributed by atoms with Crippen LogP contribution < -0.4 is 5.32 Å². The van der Waals surface area contributed by atoms with E-state index in [2.05, 4.69) is 20.6 Å². The zero-order valence-electron chi connectivity index (χ0n) is 14.8. The topological polar surface area (TPSA) is 72.7 Å². The molecule has 146 valence electrons. The lowest BCUT2D eigenvalue weighted by Gasteiger charge is -2.00. The zero-order chi connectivity index (χ0) is 20.2. The molecule has 0 saturated carbocycles. The molecule has 6 nitrogen and oxygen atoms in total. The number of hydrogen-bond acceptors (Lipinski definition) is 6. The minimum Gasteiger partial charge on any atom is -0.295 e. The van der Waals surface area contributed by atoms with Crippen molar-refractivity contribution < 1.29 is 13.6 Å². The number of thioether (sulfide) groups is 1. The van der Waals surface area contributed by atoms with E-state index in [-0.39, 0.29) is 17.3 Å². The van der Waals surface area contributed by atoms with Gasteiger partial charge in [-0.25, -0.2) is 13.5 Å². The molecule has 1 amide bonds. The molecule has 0 spiro atoms. The van der Waals surface area contributed by atoms with Gasteiger partial charge in [0.1, 0.15) is 11.6 Å². The van der Waals surface area contributed by atoms with Gasteiger partial charge in [-0.05, 0) is 48.0 Å². The quantitative estimate of drug-likeness (QED) is 0.360. The van der Waals surface area contributed by atoms with Gasteiger partial charge in [-0.15, -0.1) is 10.2 Å². The Labute approximate surface area is 172 Å². The van der Waals surface area contributed by atoms with Gasteiger partial charge in [0.05, 0.1) is 5.69 Å². The smallest absolute Gasteiger partial charge is 0.277 e. The molecular formula is C19H13F2N5OS2. The number of hydrogen-bond donors (Lipinski definition) is 1. The van der Waals surface area contributed by atoms with Crippen molar-refractivity contribution in [2.45, 2.75) is 10.1 Å². The summed E-state index contributed by atoms with van der Waals surface area (Å²) >= 11 is 2.69. The Kier molecular flexibility index (Phi) is 5.63. The van der Waals surface area contributed by atoms with Gasteiger partial charge in [-0.3, -0.25) is 10.1 Å². The summed E-state index contributed by atoms with van der Waals surface area (Å²) in [5.41, 5.74) is 1.80. The molecule has 0 aliphatic heterocycles. The largest absolute Gasteiger partial charge is 0.295 e. The molecule has 0 unspecified atom stereocenters. The number of halogens is 2. The first-order valence-corrected chi connectivity index (χ1v) is 10.2. The molecule has 2 aromatic heterocycles. The van der Waals surface area contributed by atoms with Crippen LogP contribution in [0.2, 0.25) is 0 Å². The van der Waals surface area contributed by atoms with Crippen LogP contribution in [0.3, 0.4) is 0 Å². The Morgan fingerprint density at radius 3 is 2.41 bits per heavy atom. The summed E-state index contributed by atoms with van der Waals surface area (Å²) < 4.78 is 28.1. The average Bonchev–Trinajstić information content (AvgIpc) is 3.38. The Bertz CT molecular complexity index is 1130. The first-order chi connectivity index (χ1) is 14.1. The number of nitrogens with zero attached hydrogens (tertiary/aromatic N) is 4. The predicted octanol–water partition coefficient (Wildman–Crippen LogP) is 4.55. The molecule has 0 aliphatic rings. The highest BCUT2D eigenvalue weighted by molar-refractivity contribution is 8.00. The van der Waals surface area contributed by atoms with Crippen LogP contribution in [-0.4, -0.2) is 25.9 Å². The molecule has 2 heterocycles. The Morgan fingerprint density at radius 2 is 1.69 bits per heavy atom. The second-order valence-corrected chi connectivity index (χ2v) is 8.06. The van der Waals surface area contributed by atoms with Crippen molar-refractivity contribution >= 4 is 34.1 Å². The Hall–Kier alpha value is -3.11. The monoisotopic (exact) mass is 429 g/mol. The van der Waals surface area contributed by atoms with E-state index in [1.807, 2.05) is 0 Å². The SMILES string of the molecule is O=C(Nc1nnc(SCc2ccc(F)cc2)s1)c1ccn(-c2ccc(F)cc2)n1. The lowest BCUT2D eigenvalue weighted by molar-refractivity contribution is 0.102. The lowest BCUT2D eigenvalue weighted by Crippen LogP contribution is -2.13. The van der Waals surface area contributed by atoms with Crippen LogP contribution in [0, 0.1) is 11.6 Å². The fourth-order valence-electron chi connectivity index (χ4n) is 2.39. The summed E-state index contributed by atoms with van der Waals surface area (Å²) in [5, 5.41) is 15.2. The third-order valence-corrected chi connectivity index (χ3v) is 5.86. The first-order valence-electron chi connectivity index (χ1n) is 8.40. The molecule has 1 N–H and O–H groups in total. The number of nitrogens with one attached hydrogen (secondary N) is 1. The number of benzene rings is 2. The van der Waals surface area contributed by atoms with Crippen LogP contribution in [0.5, 0.6) is 0 Å². The number of carbonyl (C=O) groups is 1. The molecule has 0 bridgehead atoms. The third-order valence-electron chi connectivity index (χ3n) is 3.82. The molecule has 29 heavy (non-hydrogen) atoms. The summed E-state index contributed by atoms with van der Waals surface area (Å²) in [6, 6.07) is 13.6. The molecule has 2 aromatic carbocycles. The molecule has 4 rings (SSSR count). The van der Waals surface area contributed by atoms with Crippen LogP contribution in [-0.2, 0) is 5.75 Å². The number of anilines is 1. The maximum absolute atomic E-state index is 13.0. The first kappa shape index (κ1) is 19.2. The fraction of sp³-hybridized carbons (Fsp3) is 0.0526. The van der Waals surface area contributed by atoms with Crippen molar-refractivity contribution in [1.82, 2.24) is 20.0 Å². The van der Waals surface area contributed by atoms with Gasteiger partial charge in [0.25, 0.3) is 5.91 Å². The summed E-state index contributed by atoms with van der Waals surface area (Å²) in [7, 11) is 0. The van der Waals surface area contributed by atoms with Crippen LogP contribution >= 0.6 is 23.1 Å². The van der Waals surface area contributed by atoms with Gasteiger partial charge in [-0.1, -0.05) is 35.2 Å². The van der Waals surface area contributed by atoms with E-state index in [4.69, 9.17) is 0 Å². The fourth-order valence-corrected chi connectivity index (χ4v) is 4.09. The van der Waals surface area contributed by atoms with E-state index in [1.165, 1.54) is 52.0 Å². The summed E-state index contributed by atoms with van der Waals surface area (Å²) in [6.45, 7) is 0. The molecular weight excluding hydrogens is 416 g/mol. The van der Waals surface area contributed by atoms with E-state index in [0.717, 1.165) is 5.56 Å². The number of carbonyl (C=O) groups excluding carboxylic acids is 1. The van der Waals surface area contributed by atoms with E-state index >= 15 is 0 Å². The lowest BCUT2D eigenvalue weighted by atomic mass is 10.2. The van der Waals surface area contributed by atoms with Gasteiger partial charge < -0.3 is 0 Å². The average molecular weight is 429 g/mol. The summed E-state index contributed by atoms with van der Waals surface area (Å²) in [6.07, 6.45) is 1.62. The van der Waals surface area contributed by atoms with Gasteiger partial charge in [0.15, 0.2) is 10.0 Å². The minimum absolute atomic E-state index is 0.199. The van der Waals surface area contributed by atoms with Crippen molar-refractivity contribution in [2.24, 2.45) is 0 Å². The molecule has 0 atom stereocenters. The number of aromatic nitrogens is 4. The van der Waals surface area contributed by atoms with E-state index in [9.17, 15) is 13.6 Å². The van der Waals surface area contributed by atoms with Crippen molar-refractivity contribution in [3.05, 3.63) is 83.7 Å². The number of amides is 1. The maximum atomic E-state index is 13.0. The second-order valence-electron chi connectivity index (χ2n) is 5.86. The third kappa shape index (κ3) is 4.84. The molecule has 4 aromatic rings. The maximum Gasteiger partial charge on any atom is 0.277 e. The highest BCUT2D eigenvalue weighted by Gasteiger charge is 2.14. The van der Waals surface area contributed by atoms with Gasteiger partial charge in [0.2, 0.25) is 5.13 Å². The minimum atomic E-state index is -0.419. The molecule has 0 saturated heterocycles. The predicted molar refractivity (Wildman–Crippen MR) is 107 cm³/mol. The highest BCUT2D eigenvalue weighted by Crippen LogP contribution is 2.28. The van der Waals surface area contributed by atoms with Gasteiger partial charge in [0, 0.05) is 11.9 Å². The molecule has 0 fully saturated rings. The molecule has 0 radical (unpaired) electrons. The Morgan fingerprint density at radius 1 is 1.00 bits per heavy atom. The van der Waals surface area contributed by atoms with Gasteiger partial charge >= 0.3 is 0 Å². The van der Waals surface area contributed by atoms with Crippen molar-refractivity contribution in [3.63, 3.8) is 0 Å². The van der Waals surface area contributed by atoms with Gasteiger partial charge in [-0.2, -0.15) is 5.10 Å². The van der Waals surface area contributed by atoms with E-state index in [1.54, 1.807) is 36.5 Å². The van der Waals surface area contributed by atoms with E-state index in [0.29, 0.717) is 20.9 Å². The van der Waals surface area contributed by atoms with E-state index < -0.39 is 5.91 Å². The second kappa shape index (κ2) is 8.50. The molecule has 10 heteroatoms. The van der Waals surface area contributed by atoms with Crippen molar-refractivity contribution in [3.8, 4) is 5.69 Å². The standard InChI is InChI=1S/C19H13F2N5OS2/c20-13-3-1-12(2-4-13)11-28-19-24-23-18(29-19)22-17(27)16-9-10-26(25-16)15-7-5-14(21)6-8-15/h1-10H,11H2,(H,22,23,27). The molecule has 0 aliphatic carbocycles. The normalized spacial score (nSPS) is 10.8. The summed E-state index contributed by atoms with van der Waals surface area (Å²) in [4.78, 5) is 12.4. The number of rotatable bonds is 6. The van der Waals surface area contributed by atoms with Crippen molar-refractivity contribution in [1.29, 1.82) is 0 Å². The van der Waals surface area contributed by atoms with Crippen LogP contribution in [0.25, 0.3) is 5.69 Å². The zero-order valence-corrected chi connectivity index (χ0v) is 16.4. The summed E-state index contributed by atoms with van der Waals surface area (Å²) in [5.74, 6) is -0.424.